The third kappa shape index (κ3) is 3.06. The molecule has 1 aliphatic rings. The van der Waals surface area contributed by atoms with Crippen LogP contribution >= 0.6 is 0 Å². The molecule has 2 rings (SSSR count). The van der Waals surface area contributed by atoms with Gasteiger partial charge in [0.05, 0.1) is 18.9 Å². The van der Waals surface area contributed by atoms with Crippen molar-refractivity contribution in [1.29, 1.82) is 0 Å². The van der Waals surface area contributed by atoms with E-state index >= 15 is 0 Å². The summed E-state index contributed by atoms with van der Waals surface area (Å²) in [5.41, 5.74) is 0.208. The van der Waals surface area contributed by atoms with Crippen LogP contribution in [0.5, 0.6) is 0 Å². The molecule has 1 saturated heterocycles. The second-order valence-electron chi connectivity index (χ2n) is 3.29. The summed E-state index contributed by atoms with van der Waals surface area (Å²) in [6.07, 6.45) is -0.594. The molecule has 0 saturated carbocycles. The summed E-state index contributed by atoms with van der Waals surface area (Å²) in [5.74, 6) is 0. The molecule has 1 aliphatic heterocycles. The monoisotopic (exact) mass is 219 g/mol. The Bertz CT molecular complexity index is 353. The van der Waals surface area contributed by atoms with Crippen molar-refractivity contribution in [2.45, 2.75) is 6.29 Å². The summed E-state index contributed by atoms with van der Waals surface area (Å²) >= 11 is 0. The Hall–Kier alpha value is -0.388. The summed E-state index contributed by atoms with van der Waals surface area (Å²) in [6, 6.07) is 4.49. The van der Waals surface area contributed by atoms with Gasteiger partial charge in [0.25, 0.3) is 0 Å². The van der Waals surface area contributed by atoms with Gasteiger partial charge in [-0.2, -0.15) is 0 Å². The zero-order chi connectivity index (χ0) is 10.9. The van der Waals surface area contributed by atoms with Gasteiger partial charge in [0.1, 0.15) is 0 Å². The van der Waals surface area contributed by atoms with Gasteiger partial charge >= 0.3 is 25.6 Å². The Morgan fingerprint density at radius 3 is 2.38 bits per heavy atom. The summed E-state index contributed by atoms with van der Waals surface area (Å²) in [4.78, 5) is 3.85. The zero-order valence-corrected chi connectivity index (χ0v) is 8.91. The predicted octanol–water partition coefficient (Wildman–Crippen LogP) is -4.75. The smallest absolute Gasteiger partial charge is 0.555 e. The van der Waals surface area contributed by atoms with Crippen molar-refractivity contribution in [3.63, 3.8) is 0 Å². The van der Waals surface area contributed by atoms with E-state index in [1.807, 2.05) is 0 Å². The number of pyridine rings is 1. The van der Waals surface area contributed by atoms with E-state index in [-0.39, 0.29) is 24.5 Å². The van der Waals surface area contributed by atoms with E-state index < -0.39 is 13.0 Å². The van der Waals surface area contributed by atoms with Crippen molar-refractivity contribution in [3.05, 3.63) is 23.9 Å². The maximum atomic E-state index is 8.99. The van der Waals surface area contributed by atoms with E-state index in [1.165, 1.54) is 6.07 Å². The molecule has 0 unspecified atom stereocenters. The number of hydrogen-bond acceptors (Lipinski definition) is 6. The molecule has 1 aromatic heterocycles. The molecule has 0 amide bonds. The van der Waals surface area contributed by atoms with Gasteiger partial charge in [0, 0.05) is 0 Å². The summed E-state index contributed by atoms with van der Waals surface area (Å²) in [6.45, 7) is -2.61. The summed E-state index contributed by atoms with van der Waals surface area (Å²) in [5, 5.41) is 27.0. The van der Waals surface area contributed by atoms with Crippen LogP contribution in [0.25, 0.3) is 0 Å². The minimum atomic E-state index is -3.57. The summed E-state index contributed by atoms with van der Waals surface area (Å²) in [7, 11) is 0. The van der Waals surface area contributed by atoms with E-state index in [1.54, 1.807) is 12.1 Å². The van der Waals surface area contributed by atoms with Crippen molar-refractivity contribution in [3.8, 4) is 0 Å². The molecule has 1 aromatic rings. The van der Waals surface area contributed by atoms with Gasteiger partial charge in [-0.05, 0) is 11.7 Å². The maximum Gasteiger partial charge on any atom is 1.00 e. The molecule has 0 aromatic carbocycles. The van der Waals surface area contributed by atoms with Crippen LogP contribution in [0.1, 0.15) is 12.0 Å². The number of rotatable bonds is 2. The van der Waals surface area contributed by atoms with Crippen molar-refractivity contribution in [1.82, 2.24) is 4.98 Å². The number of aromatic nitrogens is 1. The number of nitrogens with zero attached hydrogens (tertiary/aromatic N) is 1. The predicted molar refractivity (Wildman–Crippen MR) is 50.9 cm³/mol. The van der Waals surface area contributed by atoms with Crippen LogP contribution < -0.4 is 24.5 Å². The fourth-order valence-electron chi connectivity index (χ4n) is 1.35. The first kappa shape index (κ1) is 13.7. The van der Waals surface area contributed by atoms with Gasteiger partial charge in [-0.25, -0.2) is 0 Å². The van der Waals surface area contributed by atoms with Gasteiger partial charge in [0.2, 0.25) is 6.29 Å². The first-order valence-corrected chi connectivity index (χ1v) is 4.59. The van der Waals surface area contributed by atoms with Crippen molar-refractivity contribution in [2.75, 3.05) is 13.2 Å². The van der Waals surface area contributed by atoms with Gasteiger partial charge in [-0.1, -0.05) is 12.1 Å². The van der Waals surface area contributed by atoms with Crippen molar-refractivity contribution < 1.29 is 43.4 Å². The van der Waals surface area contributed by atoms with Crippen LogP contribution in [-0.2, 0) is 9.47 Å². The Kier molecular flexibility index (Phi) is 4.53. The Morgan fingerprint density at radius 2 is 1.81 bits per heavy atom. The molecule has 16 heavy (non-hydrogen) atoms. The minimum Gasteiger partial charge on any atom is -0.555 e. The van der Waals surface area contributed by atoms with Crippen LogP contribution in [-0.4, -0.2) is 40.0 Å². The van der Waals surface area contributed by atoms with E-state index in [0.717, 1.165) is 0 Å². The second-order valence-corrected chi connectivity index (χ2v) is 3.29. The van der Waals surface area contributed by atoms with Gasteiger partial charge in [0.15, 0.2) is 0 Å². The standard InChI is InChI=1S/C8H11BNO5.Li/c11-9(12,13)7-3-1-2-6(10-7)8-14-4-5-15-8;/h1-3,8,11-13H,4-5H2;/q-1;+1. The van der Waals surface area contributed by atoms with E-state index in [2.05, 4.69) is 4.98 Å². The van der Waals surface area contributed by atoms with E-state index in [0.29, 0.717) is 18.9 Å². The number of ether oxygens (including phenoxy) is 2. The summed E-state index contributed by atoms with van der Waals surface area (Å²) < 4.78 is 10.4. The molecule has 2 heterocycles. The average molecular weight is 219 g/mol. The maximum absolute atomic E-state index is 8.99. The van der Waals surface area contributed by atoms with Crippen LogP contribution in [0.15, 0.2) is 18.2 Å². The fraction of sp³-hybridized carbons (Fsp3) is 0.375. The number of hydrogen-bond donors (Lipinski definition) is 3. The molecule has 1 fully saturated rings. The molecule has 0 atom stereocenters. The third-order valence-corrected chi connectivity index (χ3v) is 2.05. The fourth-order valence-corrected chi connectivity index (χ4v) is 1.35. The molecule has 3 N–H and O–H groups in total. The molecule has 6 nitrogen and oxygen atoms in total. The molecule has 82 valence electrons. The molecule has 0 bridgehead atoms. The largest absolute Gasteiger partial charge is 1.00 e. The van der Waals surface area contributed by atoms with Crippen LogP contribution in [0.2, 0.25) is 0 Å². The van der Waals surface area contributed by atoms with Crippen molar-refractivity contribution >= 4 is 12.3 Å². The molecule has 0 aliphatic carbocycles. The average Bonchev–Trinajstić information content (AvgIpc) is 2.69. The van der Waals surface area contributed by atoms with E-state index in [4.69, 9.17) is 24.5 Å². The molecule has 0 radical (unpaired) electrons. The molecular formula is C8H11BLiNO5. The normalized spacial score (nSPS) is 17.2. The Balaban J connectivity index is 0.00000128. The second kappa shape index (κ2) is 5.30. The van der Waals surface area contributed by atoms with Gasteiger partial charge < -0.3 is 24.5 Å². The van der Waals surface area contributed by atoms with Crippen molar-refractivity contribution in [2.24, 2.45) is 0 Å². The van der Waals surface area contributed by atoms with E-state index in [9.17, 15) is 0 Å². The van der Waals surface area contributed by atoms with Gasteiger partial charge in [-0.3, -0.25) is 4.98 Å². The first-order chi connectivity index (χ1) is 7.07. The van der Waals surface area contributed by atoms with Crippen LogP contribution in [0.3, 0.4) is 0 Å². The Morgan fingerprint density at radius 1 is 1.19 bits per heavy atom. The minimum absolute atomic E-state index is 0. The first-order valence-electron chi connectivity index (χ1n) is 4.59. The Labute approximate surface area is 104 Å². The SMILES string of the molecule is O[B-](O)(O)c1cccc(C2OCCO2)n1.[Li+]. The molecular weight excluding hydrogens is 208 g/mol. The molecule has 8 heteroatoms. The quantitative estimate of drug-likeness (QED) is 0.432. The third-order valence-electron chi connectivity index (χ3n) is 2.05. The zero-order valence-electron chi connectivity index (χ0n) is 8.91. The van der Waals surface area contributed by atoms with Crippen LogP contribution in [0, 0.1) is 0 Å². The van der Waals surface area contributed by atoms with Crippen LogP contribution in [0.4, 0.5) is 0 Å². The molecule has 0 spiro atoms. The van der Waals surface area contributed by atoms with Gasteiger partial charge in [-0.15, -0.1) is 0 Å². The topological polar surface area (TPSA) is 92.0 Å².